The molecule has 0 saturated carbocycles. The minimum Gasteiger partial charge on any atom is -0.225 e. The highest BCUT2D eigenvalue weighted by Crippen LogP contribution is 2.58. The van der Waals surface area contributed by atoms with Crippen molar-refractivity contribution < 1.29 is 35.1 Å². The quantitative estimate of drug-likeness (QED) is 0.223. The number of rotatable bonds is 4. The normalized spacial score (nSPS) is 25.5. The van der Waals surface area contributed by atoms with Gasteiger partial charge < -0.3 is 0 Å². The van der Waals surface area contributed by atoms with Crippen LogP contribution in [0.3, 0.4) is 0 Å². The van der Waals surface area contributed by atoms with Gasteiger partial charge in [-0.1, -0.05) is 19.1 Å². The molecule has 0 nitrogen and oxygen atoms in total. The summed E-state index contributed by atoms with van der Waals surface area (Å²) in [5, 5.41) is 0. The van der Waals surface area contributed by atoms with Crippen LogP contribution in [0.15, 0.2) is 12.2 Å². The van der Waals surface area contributed by atoms with Crippen LogP contribution >= 0.6 is 22.6 Å². The fraction of sp³-hybridized carbons (Fsp3) is 0.833. The number of alkyl halides is 9. The van der Waals surface area contributed by atoms with Gasteiger partial charge in [-0.15, -0.1) is 0 Å². The molecule has 0 aromatic carbocycles. The van der Waals surface area contributed by atoms with Crippen LogP contribution in [0.25, 0.3) is 0 Å². The first-order chi connectivity index (χ1) is 9.27. The molecule has 0 N–H and O–H groups in total. The summed E-state index contributed by atoms with van der Waals surface area (Å²) in [4.78, 5) is 0. The van der Waals surface area contributed by atoms with Gasteiger partial charge in [0, 0.05) is 5.92 Å². The standard InChI is InChI=1S/C12H13F8I/c1-7(8-5-3-2-4-6-8)9(13,21)10(14,15)11(16,17)12(18,19)20/h2-3,7-8H,4-6H2,1H3. The van der Waals surface area contributed by atoms with Crippen LogP contribution in [-0.4, -0.2) is 21.7 Å². The molecule has 124 valence electrons. The maximum Gasteiger partial charge on any atom is 0.460 e. The van der Waals surface area contributed by atoms with E-state index in [1.54, 1.807) is 12.2 Å². The molecule has 0 aromatic rings. The molecule has 1 rings (SSSR count). The minimum atomic E-state index is -6.52. The molecule has 3 unspecified atom stereocenters. The first kappa shape index (κ1) is 19.0. The Labute approximate surface area is 130 Å². The van der Waals surface area contributed by atoms with Crippen molar-refractivity contribution in [2.45, 2.75) is 47.9 Å². The molecular weight excluding hydrogens is 423 g/mol. The Morgan fingerprint density at radius 2 is 1.48 bits per heavy atom. The van der Waals surface area contributed by atoms with E-state index in [2.05, 4.69) is 0 Å². The Morgan fingerprint density at radius 1 is 0.952 bits per heavy atom. The number of halogens is 9. The third-order valence-corrected chi connectivity index (χ3v) is 5.42. The molecule has 0 saturated heterocycles. The summed E-state index contributed by atoms with van der Waals surface area (Å²) in [7, 11) is 0. The fourth-order valence-corrected chi connectivity index (χ4v) is 3.09. The molecule has 0 bridgehead atoms. The highest BCUT2D eigenvalue weighted by molar-refractivity contribution is 14.1. The zero-order valence-electron chi connectivity index (χ0n) is 10.8. The highest BCUT2D eigenvalue weighted by Gasteiger charge is 2.81. The summed E-state index contributed by atoms with van der Waals surface area (Å²) in [6.07, 6.45) is -2.34. The van der Waals surface area contributed by atoms with Gasteiger partial charge in [-0.05, 0) is 47.8 Å². The molecule has 0 aromatic heterocycles. The van der Waals surface area contributed by atoms with Crippen molar-refractivity contribution in [1.29, 1.82) is 0 Å². The predicted molar refractivity (Wildman–Crippen MR) is 69.5 cm³/mol. The molecule has 1 aliphatic carbocycles. The van der Waals surface area contributed by atoms with Crippen LogP contribution in [0, 0.1) is 11.8 Å². The van der Waals surface area contributed by atoms with Crippen molar-refractivity contribution >= 4 is 22.6 Å². The molecule has 9 heteroatoms. The predicted octanol–water partition coefficient (Wildman–Crippen LogP) is 5.91. The van der Waals surface area contributed by atoms with E-state index in [0.717, 1.165) is 6.92 Å². The lowest BCUT2D eigenvalue weighted by Gasteiger charge is -2.41. The van der Waals surface area contributed by atoms with Crippen molar-refractivity contribution in [2.24, 2.45) is 11.8 Å². The summed E-state index contributed by atoms with van der Waals surface area (Å²) in [6.45, 7) is 0.941. The average Bonchev–Trinajstić information content (AvgIpc) is 2.37. The number of allylic oxidation sites excluding steroid dienone is 2. The highest BCUT2D eigenvalue weighted by atomic mass is 127. The molecular formula is C12H13F8I. The minimum absolute atomic E-state index is 0.170. The Bertz CT molecular complexity index is 399. The van der Waals surface area contributed by atoms with Gasteiger partial charge in [0.05, 0.1) is 0 Å². The van der Waals surface area contributed by atoms with Crippen molar-refractivity contribution in [3.05, 3.63) is 12.2 Å². The van der Waals surface area contributed by atoms with Crippen molar-refractivity contribution in [3.63, 3.8) is 0 Å². The molecule has 21 heavy (non-hydrogen) atoms. The maximum absolute atomic E-state index is 14.3. The Balaban J connectivity index is 3.11. The Kier molecular flexibility index (Phi) is 5.27. The third-order valence-electron chi connectivity index (χ3n) is 3.76. The van der Waals surface area contributed by atoms with E-state index in [0.29, 0.717) is 29.0 Å². The summed E-state index contributed by atoms with van der Waals surface area (Å²) in [5.41, 5.74) is 0. The summed E-state index contributed by atoms with van der Waals surface area (Å²) >= 11 is 0.391. The van der Waals surface area contributed by atoms with Gasteiger partial charge in [0.2, 0.25) is 3.68 Å². The second-order valence-corrected chi connectivity index (χ2v) is 6.67. The van der Waals surface area contributed by atoms with Crippen LogP contribution < -0.4 is 0 Å². The largest absolute Gasteiger partial charge is 0.460 e. The van der Waals surface area contributed by atoms with E-state index in [1.807, 2.05) is 0 Å². The monoisotopic (exact) mass is 436 g/mol. The first-order valence-electron chi connectivity index (χ1n) is 6.12. The van der Waals surface area contributed by atoms with Crippen molar-refractivity contribution in [2.75, 3.05) is 0 Å². The summed E-state index contributed by atoms with van der Waals surface area (Å²) in [5.74, 6) is -14.7. The fourth-order valence-electron chi connectivity index (χ4n) is 2.24. The van der Waals surface area contributed by atoms with Crippen LogP contribution in [0.5, 0.6) is 0 Å². The lowest BCUT2D eigenvalue weighted by Crippen LogP contribution is -2.62. The second-order valence-electron chi connectivity index (χ2n) is 5.10. The Morgan fingerprint density at radius 3 is 1.86 bits per heavy atom. The topological polar surface area (TPSA) is 0 Å². The van der Waals surface area contributed by atoms with E-state index < -0.39 is 33.5 Å². The van der Waals surface area contributed by atoms with Crippen LogP contribution in [-0.2, 0) is 0 Å². The molecule has 3 atom stereocenters. The molecule has 0 spiro atoms. The molecule has 1 aliphatic rings. The average molecular weight is 436 g/mol. The first-order valence-corrected chi connectivity index (χ1v) is 7.20. The van der Waals surface area contributed by atoms with Crippen LogP contribution in [0.1, 0.15) is 26.2 Å². The van der Waals surface area contributed by atoms with E-state index in [9.17, 15) is 35.1 Å². The van der Waals surface area contributed by atoms with Gasteiger partial charge in [0.25, 0.3) is 0 Å². The lowest BCUT2D eigenvalue weighted by atomic mass is 9.79. The SMILES string of the molecule is CC(C1CC=CCC1)C(F)(I)C(F)(F)C(F)(F)C(F)(F)F. The van der Waals surface area contributed by atoms with Gasteiger partial charge in [-0.3, -0.25) is 0 Å². The van der Waals surface area contributed by atoms with Crippen LogP contribution in [0.4, 0.5) is 35.1 Å². The van der Waals surface area contributed by atoms with Crippen LogP contribution in [0.2, 0.25) is 0 Å². The molecule has 0 heterocycles. The molecule has 0 amide bonds. The number of hydrogen-bond donors (Lipinski definition) is 0. The second kappa shape index (κ2) is 5.84. The summed E-state index contributed by atoms with van der Waals surface area (Å²) < 4.78 is 100.0. The molecule has 0 aliphatic heterocycles. The maximum atomic E-state index is 14.3. The van der Waals surface area contributed by atoms with E-state index >= 15 is 0 Å². The zero-order chi connectivity index (χ0) is 16.7. The van der Waals surface area contributed by atoms with Gasteiger partial charge >= 0.3 is 18.0 Å². The van der Waals surface area contributed by atoms with Gasteiger partial charge in [0.1, 0.15) is 0 Å². The Hall–Kier alpha value is -0.0900. The number of hydrogen-bond acceptors (Lipinski definition) is 0. The van der Waals surface area contributed by atoms with E-state index in [1.165, 1.54) is 0 Å². The van der Waals surface area contributed by atoms with Crippen molar-refractivity contribution in [1.82, 2.24) is 0 Å². The van der Waals surface area contributed by atoms with E-state index in [-0.39, 0.29) is 12.8 Å². The van der Waals surface area contributed by atoms with Crippen molar-refractivity contribution in [3.8, 4) is 0 Å². The zero-order valence-corrected chi connectivity index (χ0v) is 13.0. The smallest absolute Gasteiger partial charge is 0.225 e. The van der Waals surface area contributed by atoms with Gasteiger partial charge in [0.15, 0.2) is 0 Å². The molecule has 0 fully saturated rings. The lowest BCUT2D eigenvalue weighted by molar-refractivity contribution is -0.371. The third kappa shape index (κ3) is 3.17. The summed E-state index contributed by atoms with van der Waals surface area (Å²) in [6, 6.07) is 0. The van der Waals surface area contributed by atoms with Gasteiger partial charge in [-0.25, -0.2) is 4.39 Å². The molecule has 0 radical (unpaired) electrons. The van der Waals surface area contributed by atoms with Gasteiger partial charge in [-0.2, -0.15) is 30.7 Å². The van der Waals surface area contributed by atoms with E-state index in [4.69, 9.17) is 0 Å².